The molecule has 1 heterocycles. The van der Waals surface area contributed by atoms with Crippen LogP contribution in [-0.2, 0) is 10.0 Å². The number of benzene rings is 2. The second kappa shape index (κ2) is 9.61. The molecular weight excluding hydrogens is 430 g/mol. The second-order valence-corrected chi connectivity index (χ2v) is 8.77. The molecule has 1 aliphatic heterocycles. The fourth-order valence-corrected chi connectivity index (χ4v) is 4.77. The van der Waals surface area contributed by atoms with E-state index in [9.17, 15) is 22.0 Å². The number of rotatable bonds is 7. The Bertz CT molecular complexity index is 1030. The van der Waals surface area contributed by atoms with Gasteiger partial charge in [-0.25, -0.2) is 17.2 Å². The van der Waals surface area contributed by atoms with Gasteiger partial charge >= 0.3 is 0 Å². The molecule has 2 aromatic carbocycles. The fraction of sp³-hybridized carbons (Fsp3) is 0.381. The number of sulfonamides is 1. The van der Waals surface area contributed by atoms with Gasteiger partial charge in [-0.05, 0) is 38.1 Å². The van der Waals surface area contributed by atoms with Crippen LogP contribution in [0.25, 0.3) is 0 Å². The van der Waals surface area contributed by atoms with E-state index < -0.39 is 27.6 Å². The van der Waals surface area contributed by atoms with Crippen molar-refractivity contribution >= 4 is 15.9 Å². The van der Waals surface area contributed by atoms with Crippen molar-refractivity contribution in [1.29, 1.82) is 0 Å². The Kier molecular flexibility index (Phi) is 7.11. The first-order valence-electron chi connectivity index (χ1n) is 9.91. The third kappa shape index (κ3) is 5.13. The van der Waals surface area contributed by atoms with Crippen molar-refractivity contribution in [3.05, 3.63) is 53.6 Å². The van der Waals surface area contributed by atoms with Crippen molar-refractivity contribution in [2.75, 3.05) is 39.4 Å². The molecule has 0 atom stereocenters. The SMILES string of the molecule is CCOc1ccc(S(=O)(=O)N2CCN(C(=O)c3cc(F)cc(F)c3)CC2)cc1OCC. The molecule has 1 amide bonds. The lowest BCUT2D eigenvalue weighted by molar-refractivity contribution is 0.0697. The van der Waals surface area contributed by atoms with Gasteiger partial charge in [0.1, 0.15) is 11.6 Å². The summed E-state index contributed by atoms with van der Waals surface area (Å²) in [6.45, 7) is 4.70. The molecule has 0 radical (unpaired) electrons. The standard InChI is InChI=1S/C21H24F2N2O5S/c1-3-29-19-6-5-18(14-20(19)30-4-2)31(27,28)25-9-7-24(8-10-25)21(26)15-11-16(22)13-17(23)12-15/h5-6,11-14H,3-4,7-10H2,1-2H3. The number of carbonyl (C=O) groups is 1. The molecular formula is C21H24F2N2O5S. The summed E-state index contributed by atoms with van der Waals surface area (Å²) in [6.07, 6.45) is 0. The van der Waals surface area contributed by atoms with Crippen molar-refractivity contribution in [3.63, 3.8) is 0 Å². The summed E-state index contributed by atoms with van der Waals surface area (Å²) in [7, 11) is -3.82. The fourth-order valence-electron chi connectivity index (χ4n) is 3.33. The van der Waals surface area contributed by atoms with Gasteiger partial charge in [0.05, 0.1) is 18.1 Å². The number of piperazine rings is 1. The lowest BCUT2D eigenvalue weighted by Crippen LogP contribution is -2.50. The van der Waals surface area contributed by atoms with Crippen LogP contribution >= 0.6 is 0 Å². The quantitative estimate of drug-likeness (QED) is 0.643. The summed E-state index contributed by atoms with van der Waals surface area (Å²) in [5, 5.41) is 0. The first-order chi connectivity index (χ1) is 14.8. The van der Waals surface area contributed by atoms with Crippen LogP contribution in [0.1, 0.15) is 24.2 Å². The van der Waals surface area contributed by atoms with Gasteiger partial charge in [0, 0.05) is 43.9 Å². The topological polar surface area (TPSA) is 76.2 Å². The lowest BCUT2D eigenvalue weighted by Gasteiger charge is -2.34. The van der Waals surface area contributed by atoms with Gasteiger partial charge in [-0.1, -0.05) is 0 Å². The Morgan fingerprint density at radius 2 is 1.48 bits per heavy atom. The van der Waals surface area contributed by atoms with Gasteiger partial charge in [0.15, 0.2) is 11.5 Å². The number of nitrogens with zero attached hydrogens (tertiary/aromatic N) is 2. The van der Waals surface area contributed by atoms with Crippen LogP contribution in [0.4, 0.5) is 8.78 Å². The largest absolute Gasteiger partial charge is 0.490 e. The van der Waals surface area contributed by atoms with Crippen LogP contribution in [0.3, 0.4) is 0 Å². The van der Waals surface area contributed by atoms with E-state index >= 15 is 0 Å². The van der Waals surface area contributed by atoms with Crippen molar-refractivity contribution < 1.29 is 31.5 Å². The predicted molar refractivity (Wildman–Crippen MR) is 110 cm³/mol. The van der Waals surface area contributed by atoms with Gasteiger partial charge in [-0.3, -0.25) is 4.79 Å². The Balaban J connectivity index is 1.73. The highest BCUT2D eigenvalue weighted by Gasteiger charge is 2.31. The predicted octanol–water partition coefficient (Wildman–Crippen LogP) is 2.91. The first kappa shape index (κ1) is 23.0. The average Bonchev–Trinajstić information content (AvgIpc) is 2.74. The minimum Gasteiger partial charge on any atom is -0.490 e. The van der Waals surface area contributed by atoms with Gasteiger partial charge in [0.2, 0.25) is 10.0 Å². The highest BCUT2D eigenvalue weighted by Crippen LogP contribution is 2.31. The average molecular weight is 454 g/mol. The van der Waals surface area contributed by atoms with E-state index in [0.29, 0.717) is 30.8 Å². The molecule has 0 spiro atoms. The minimum absolute atomic E-state index is 0.0586. The van der Waals surface area contributed by atoms with E-state index in [2.05, 4.69) is 0 Å². The molecule has 1 saturated heterocycles. The van der Waals surface area contributed by atoms with Gasteiger partial charge in [-0.2, -0.15) is 4.31 Å². The van der Waals surface area contributed by atoms with Gasteiger partial charge < -0.3 is 14.4 Å². The molecule has 0 aliphatic carbocycles. The monoisotopic (exact) mass is 454 g/mol. The minimum atomic E-state index is -3.82. The van der Waals surface area contributed by atoms with Crippen LogP contribution in [0.5, 0.6) is 11.5 Å². The van der Waals surface area contributed by atoms with Crippen molar-refractivity contribution in [2.45, 2.75) is 18.7 Å². The highest BCUT2D eigenvalue weighted by atomic mass is 32.2. The van der Waals surface area contributed by atoms with Gasteiger partial charge in [-0.15, -0.1) is 0 Å². The summed E-state index contributed by atoms with van der Waals surface area (Å²) >= 11 is 0. The zero-order valence-electron chi connectivity index (χ0n) is 17.3. The third-order valence-corrected chi connectivity index (χ3v) is 6.68. The van der Waals surface area contributed by atoms with E-state index in [1.54, 1.807) is 13.0 Å². The normalized spacial score (nSPS) is 15.0. The number of halogens is 2. The van der Waals surface area contributed by atoms with Crippen LogP contribution in [0, 0.1) is 11.6 Å². The number of hydrogen-bond acceptors (Lipinski definition) is 5. The maximum atomic E-state index is 13.4. The molecule has 2 aromatic rings. The van der Waals surface area contributed by atoms with Crippen molar-refractivity contribution in [1.82, 2.24) is 9.21 Å². The molecule has 0 aromatic heterocycles. The van der Waals surface area contributed by atoms with E-state index in [-0.39, 0.29) is 36.6 Å². The zero-order chi connectivity index (χ0) is 22.6. The molecule has 1 aliphatic rings. The lowest BCUT2D eigenvalue weighted by atomic mass is 10.1. The van der Waals surface area contributed by atoms with E-state index in [4.69, 9.17) is 9.47 Å². The van der Waals surface area contributed by atoms with Crippen LogP contribution in [0.15, 0.2) is 41.3 Å². The first-order valence-corrected chi connectivity index (χ1v) is 11.4. The Morgan fingerprint density at radius 1 is 0.903 bits per heavy atom. The third-order valence-electron chi connectivity index (χ3n) is 4.79. The zero-order valence-corrected chi connectivity index (χ0v) is 18.1. The Labute approximate surface area is 180 Å². The Morgan fingerprint density at radius 3 is 2.06 bits per heavy atom. The van der Waals surface area contributed by atoms with Crippen LogP contribution in [0.2, 0.25) is 0 Å². The number of hydrogen-bond donors (Lipinski definition) is 0. The van der Waals surface area contributed by atoms with Crippen molar-refractivity contribution in [2.24, 2.45) is 0 Å². The molecule has 7 nitrogen and oxygen atoms in total. The summed E-state index contributed by atoms with van der Waals surface area (Å²) in [6, 6.07) is 7.05. The molecule has 0 bridgehead atoms. The molecule has 0 N–H and O–H groups in total. The molecule has 168 valence electrons. The number of carbonyl (C=O) groups excluding carboxylic acids is 1. The molecule has 3 rings (SSSR count). The van der Waals surface area contributed by atoms with Crippen LogP contribution in [-0.4, -0.2) is 62.9 Å². The van der Waals surface area contributed by atoms with E-state index in [0.717, 1.165) is 12.1 Å². The molecule has 1 fully saturated rings. The smallest absolute Gasteiger partial charge is 0.254 e. The molecule has 0 saturated carbocycles. The van der Waals surface area contributed by atoms with E-state index in [1.165, 1.54) is 21.3 Å². The maximum absolute atomic E-state index is 13.4. The number of ether oxygens (including phenoxy) is 2. The maximum Gasteiger partial charge on any atom is 0.254 e. The van der Waals surface area contributed by atoms with E-state index in [1.807, 2.05) is 6.92 Å². The Hall–Kier alpha value is -2.72. The summed E-state index contributed by atoms with van der Waals surface area (Å²) < 4.78 is 65.2. The molecule has 0 unspecified atom stereocenters. The second-order valence-electron chi connectivity index (χ2n) is 6.83. The number of amides is 1. The summed E-state index contributed by atoms with van der Waals surface area (Å²) in [4.78, 5) is 14.0. The molecule has 10 heteroatoms. The highest BCUT2D eigenvalue weighted by molar-refractivity contribution is 7.89. The summed E-state index contributed by atoms with van der Waals surface area (Å²) in [5.41, 5.74) is -0.110. The van der Waals surface area contributed by atoms with Crippen LogP contribution < -0.4 is 9.47 Å². The molecule has 31 heavy (non-hydrogen) atoms. The van der Waals surface area contributed by atoms with Crippen molar-refractivity contribution in [3.8, 4) is 11.5 Å². The summed E-state index contributed by atoms with van der Waals surface area (Å²) in [5.74, 6) is -1.43. The van der Waals surface area contributed by atoms with Gasteiger partial charge in [0.25, 0.3) is 5.91 Å².